The van der Waals surface area contributed by atoms with Crippen molar-refractivity contribution in [2.75, 3.05) is 0 Å². The molecule has 132 valence electrons. The van der Waals surface area contributed by atoms with Crippen LogP contribution in [0, 0.1) is 6.92 Å². The third-order valence-electron chi connectivity index (χ3n) is 5.71. The molecule has 1 N–H and O–H groups in total. The van der Waals surface area contributed by atoms with Crippen LogP contribution in [0.15, 0.2) is 29.2 Å². The Morgan fingerprint density at radius 3 is 2.72 bits per heavy atom. The van der Waals surface area contributed by atoms with Gasteiger partial charge in [-0.15, -0.1) is 0 Å². The van der Waals surface area contributed by atoms with Gasteiger partial charge in [0.2, 0.25) is 0 Å². The molecule has 5 nitrogen and oxygen atoms in total. The maximum absolute atomic E-state index is 11.5. The fraction of sp³-hybridized carbons (Fsp3) is 0.500. The molecule has 0 amide bonds. The number of rotatable bonds is 2. The number of aromatic hydroxyl groups is 1. The van der Waals surface area contributed by atoms with Crippen molar-refractivity contribution >= 4 is 0 Å². The first-order valence-electron chi connectivity index (χ1n) is 9.14. The number of hydrogen-bond acceptors (Lipinski definition) is 4. The number of phenols is 1. The summed E-state index contributed by atoms with van der Waals surface area (Å²) in [5.41, 5.74) is 3.05. The van der Waals surface area contributed by atoms with Crippen molar-refractivity contribution < 1.29 is 9.84 Å². The summed E-state index contributed by atoms with van der Waals surface area (Å²) in [6.07, 6.45) is 7.82. The molecule has 1 aromatic heterocycles. The highest BCUT2D eigenvalue weighted by Gasteiger charge is 2.36. The average Bonchev–Trinajstić information content (AvgIpc) is 2.91. The van der Waals surface area contributed by atoms with Crippen molar-refractivity contribution in [3.63, 3.8) is 0 Å². The van der Waals surface area contributed by atoms with Gasteiger partial charge in [0.05, 0.1) is 0 Å². The second kappa shape index (κ2) is 6.21. The Bertz CT molecular complexity index is 853. The second-order valence-electron chi connectivity index (χ2n) is 7.27. The van der Waals surface area contributed by atoms with E-state index in [1.54, 1.807) is 6.20 Å². The highest BCUT2D eigenvalue weighted by Crippen LogP contribution is 2.43. The summed E-state index contributed by atoms with van der Waals surface area (Å²) in [4.78, 5) is 15.5. The van der Waals surface area contributed by atoms with Gasteiger partial charge in [0.15, 0.2) is 0 Å². The number of aromatic nitrogens is 2. The Labute approximate surface area is 147 Å². The predicted molar refractivity (Wildman–Crippen MR) is 95.4 cm³/mol. The molecule has 0 radical (unpaired) electrons. The van der Waals surface area contributed by atoms with E-state index in [1.165, 1.54) is 43.7 Å². The minimum Gasteiger partial charge on any atom is -0.508 e. The van der Waals surface area contributed by atoms with Gasteiger partial charge in [-0.2, -0.15) is 4.98 Å². The van der Waals surface area contributed by atoms with Gasteiger partial charge in [0, 0.05) is 17.8 Å². The Balaban J connectivity index is 1.82. The van der Waals surface area contributed by atoms with Crippen LogP contribution < -0.4 is 10.3 Å². The van der Waals surface area contributed by atoms with E-state index >= 15 is 0 Å². The molecule has 1 aliphatic carbocycles. The molecule has 2 atom stereocenters. The third kappa shape index (κ3) is 2.71. The molecule has 2 heterocycles. The molecule has 25 heavy (non-hydrogen) atoms. The van der Waals surface area contributed by atoms with Crippen molar-refractivity contribution in [2.24, 2.45) is 0 Å². The van der Waals surface area contributed by atoms with E-state index < -0.39 is 0 Å². The topological polar surface area (TPSA) is 64.3 Å². The van der Waals surface area contributed by atoms with E-state index in [0.29, 0.717) is 11.9 Å². The fourth-order valence-electron chi connectivity index (χ4n) is 4.49. The van der Waals surface area contributed by atoms with Crippen LogP contribution in [-0.2, 0) is 0 Å². The normalized spacial score (nSPS) is 23.3. The van der Waals surface area contributed by atoms with Gasteiger partial charge < -0.3 is 9.84 Å². The third-order valence-corrected chi connectivity index (χ3v) is 5.71. The van der Waals surface area contributed by atoms with Gasteiger partial charge in [-0.1, -0.05) is 25.3 Å². The van der Waals surface area contributed by atoms with Gasteiger partial charge in [-0.3, -0.25) is 9.36 Å². The van der Waals surface area contributed by atoms with Crippen LogP contribution in [0.1, 0.15) is 67.7 Å². The summed E-state index contributed by atoms with van der Waals surface area (Å²) in [6.45, 7) is 4.05. The zero-order chi connectivity index (χ0) is 17.6. The number of ether oxygens (including phenoxy) is 1. The summed E-state index contributed by atoms with van der Waals surface area (Å²) < 4.78 is 7.65. The zero-order valence-corrected chi connectivity index (χ0v) is 14.7. The van der Waals surface area contributed by atoms with E-state index in [9.17, 15) is 9.90 Å². The molecule has 2 aliphatic rings. The molecule has 0 bridgehead atoms. The highest BCUT2D eigenvalue weighted by molar-refractivity contribution is 5.48. The van der Waals surface area contributed by atoms with Crippen molar-refractivity contribution in [3.05, 3.63) is 51.4 Å². The Kier molecular flexibility index (Phi) is 4.02. The molecule has 1 aliphatic heterocycles. The molecule has 5 heteroatoms. The minimum absolute atomic E-state index is 0.174. The summed E-state index contributed by atoms with van der Waals surface area (Å²) in [7, 11) is 0. The largest absolute Gasteiger partial charge is 0.508 e. The molecule has 1 saturated carbocycles. The van der Waals surface area contributed by atoms with E-state index in [1.807, 2.05) is 17.6 Å². The molecule has 0 saturated heterocycles. The number of phenolic OH excluding ortho intramolecular Hbond substituents is 1. The van der Waals surface area contributed by atoms with Gasteiger partial charge in [0.1, 0.15) is 17.9 Å². The zero-order valence-electron chi connectivity index (χ0n) is 14.7. The Morgan fingerprint density at radius 2 is 1.96 bits per heavy atom. The van der Waals surface area contributed by atoms with Crippen LogP contribution in [-0.4, -0.2) is 20.8 Å². The lowest BCUT2D eigenvalue weighted by Gasteiger charge is -2.27. The standard InChI is InChI=1S/C20H24N2O3/c1-12-15(14-6-4-3-5-7-14)8-9-16(23)18(12)19-13(2)25-20-21-17(24)10-11-22(19)20/h8-11,13-14,19,23H,3-7H2,1-2H3/t13-,19?/m1/s1. The van der Waals surface area contributed by atoms with E-state index in [4.69, 9.17) is 4.74 Å². The van der Waals surface area contributed by atoms with E-state index in [-0.39, 0.29) is 23.5 Å². The lowest BCUT2D eigenvalue weighted by Crippen LogP contribution is -2.21. The lowest BCUT2D eigenvalue weighted by atomic mass is 9.80. The first-order valence-corrected chi connectivity index (χ1v) is 9.14. The van der Waals surface area contributed by atoms with Gasteiger partial charge in [-0.25, -0.2) is 0 Å². The molecule has 1 fully saturated rings. The summed E-state index contributed by atoms with van der Waals surface area (Å²) in [5, 5.41) is 10.6. The maximum Gasteiger partial charge on any atom is 0.300 e. The maximum atomic E-state index is 11.5. The smallest absolute Gasteiger partial charge is 0.300 e. The van der Waals surface area contributed by atoms with Crippen LogP contribution in [0.5, 0.6) is 11.8 Å². The van der Waals surface area contributed by atoms with Crippen LogP contribution in [0.4, 0.5) is 0 Å². The molecule has 2 aromatic rings. The van der Waals surface area contributed by atoms with E-state index in [2.05, 4.69) is 18.0 Å². The quantitative estimate of drug-likeness (QED) is 0.906. The van der Waals surface area contributed by atoms with Crippen molar-refractivity contribution in [1.82, 2.24) is 9.55 Å². The predicted octanol–water partition coefficient (Wildman–Crippen LogP) is 3.68. The SMILES string of the molecule is Cc1c(C2CCCCC2)ccc(O)c1C1[C@@H](C)Oc2nc(=O)ccn21. The lowest BCUT2D eigenvalue weighted by molar-refractivity contribution is 0.227. The van der Waals surface area contributed by atoms with Gasteiger partial charge >= 0.3 is 6.01 Å². The summed E-state index contributed by atoms with van der Waals surface area (Å²) in [6, 6.07) is 5.48. The number of fused-ring (bicyclic) bond motifs is 1. The Hall–Kier alpha value is -2.30. The van der Waals surface area contributed by atoms with Crippen LogP contribution >= 0.6 is 0 Å². The van der Waals surface area contributed by atoms with Crippen molar-refractivity contribution in [3.8, 4) is 11.8 Å². The van der Waals surface area contributed by atoms with Crippen molar-refractivity contribution in [2.45, 2.75) is 64.0 Å². The summed E-state index contributed by atoms with van der Waals surface area (Å²) in [5.74, 6) is 0.849. The van der Waals surface area contributed by atoms with E-state index in [0.717, 1.165) is 11.1 Å². The van der Waals surface area contributed by atoms with Crippen molar-refractivity contribution in [1.29, 1.82) is 0 Å². The Morgan fingerprint density at radius 1 is 1.20 bits per heavy atom. The van der Waals surface area contributed by atoms with Crippen LogP contribution in [0.3, 0.4) is 0 Å². The van der Waals surface area contributed by atoms with Gasteiger partial charge in [0.25, 0.3) is 5.56 Å². The molecule has 0 spiro atoms. The van der Waals surface area contributed by atoms with Crippen LogP contribution in [0.25, 0.3) is 0 Å². The number of hydrogen-bond donors (Lipinski definition) is 1. The molecular weight excluding hydrogens is 316 g/mol. The summed E-state index contributed by atoms with van der Waals surface area (Å²) >= 11 is 0. The fourth-order valence-corrected chi connectivity index (χ4v) is 4.49. The first-order chi connectivity index (χ1) is 12.1. The molecular formula is C20H24N2O3. The average molecular weight is 340 g/mol. The van der Waals surface area contributed by atoms with Crippen LogP contribution in [0.2, 0.25) is 0 Å². The second-order valence-corrected chi connectivity index (χ2v) is 7.27. The highest BCUT2D eigenvalue weighted by atomic mass is 16.5. The molecule has 4 rings (SSSR count). The number of benzene rings is 1. The molecule has 1 unspecified atom stereocenters. The monoisotopic (exact) mass is 340 g/mol. The van der Waals surface area contributed by atoms with Gasteiger partial charge in [-0.05, 0) is 49.8 Å². The number of nitrogens with zero attached hydrogens (tertiary/aromatic N) is 2. The minimum atomic E-state index is -0.309. The molecule has 1 aromatic carbocycles. The first kappa shape index (κ1) is 16.2.